The van der Waals surface area contributed by atoms with Crippen LogP contribution in [0.5, 0.6) is 11.6 Å². The second kappa shape index (κ2) is 13.6. The molecule has 0 fully saturated rings. The molecule has 0 aliphatic heterocycles. The van der Waals surface area contributed by atoms with Gasteiger partial charge in [0.05, 0.1) is 17.7 Å². The first-order valence-corrected chi connectivity index (χ1v) is 16.5. The van der Waals surface area contributed by atoms with E-state index in [1.165, 1.54) is 0 Å². The van der Waals surface area contributed by atoms with Crippen LogP contribution in [0, 0.1) is 5.41 Å². The fraction of sp³-hybridized carbons (Fsp3) is 0.342. The Balaban J connectivity index is 1.57. The third-order valence-corrected chi connectivity index (χ3v) is 9.03. The molecule has 46 heavy (non-hydrogen) atoms. The fourth-order valence-electron chi connectivity index (χ4n) is 5.35. The molecule has 0 spiro atoms. The zero-order valence-electron chi connectivity index (χ0n) is 27.7. The van der Waals surface area contributed by atoms with Gasteiger partial charge in [-0.25, -0.2) is 4.98 Å². The number of fused-ring (bicyclic) bond motifs is 1. The number of carboxylic acid groups (broad SMARTS) is 1. The van der Waals surface area contributed by atoms with Crippen molar-refractivity contribution in [3.63, 3.8) is 0 Å². The number of carboxylic acids is 1. The molecule has 3 aromatic heterocycles. The molecule has 0 saturated carbocycles. The summed E-state index contributed by atoms with van der Waals surface area (Å²) in [5, 5.41) is 11.2. The average molecular weight is 638 g/mol. The quantitative estimate of drug-likeness (QED) is 0.137. The molecule has 3 heterocycles. The minimum atomic E-state index is -0.962. The molecule has 7 nitrogen and oxygen atoms in total. The minimum absolute atomic E-state index is 0.104. The summed E-state index contributed by atoms with van der Waals surface area (Å²) in [5.74, 6) is 0.538. The number of carbonyl (C=O) groups is 1. The Kier molecular flexibility index (Phi) is 9.77. The first kappa shape index (κ1) is 33.1. The summed E-state index contributed by atoms with van der Waals surface area (Å²) in [6.45, 7) is 15.3. The largest absolute Gasteiger partial charge is 0.484 e. The van der Waals surface area contributed by atoms with E-state index < -0.39 is 11.4 Å². The van der Waals surface area contributed by atoms with E-state index in [0.29, 0.717) is 25.5 Å². The highest BCUT2D eigenvalue weighted by Gasteiger charge is 2.33. The molecule has 0 radical (unpaired) electrons. The Morgan fingerprint density at radius 3 is 2.30 bits per heavy atom. The van der Waals surface area contributed by atoms with E-state index in [0.717, 1.165) is 49.6 Å². The monoisotopic (exact) mass is 637 g/mol. The van der Waals surface area contributed by atoms with E-state index >= 15 is 0 Å². The number of pyridine rings is 2. The van der Waals surface area contributed by atoms with Crippen molar-refractivity contribution >= 4 is 28.6 Å². The second-order valence-electron chi connectivity index (χ2n) is 13.2. The van der Waals surface area contributed by atoms with Crippen LogP contribution in [0.3, 0.4) is 0 Å². The van der Waals surface area contributed by atoms with Gasteiger partial charge in [0.2, 0.25) is 5.88 Å². The van der Waals surface area contributed by atoms with Crippen LogP contribution in [0.4, 0.5) is 0 Å². The molecule has 2 aromatic carbocycles. The van der Waals surface area contributed by atoms with E-state index in [9.17, 15) is 9.90 Å². The van der Waals surface area contributed by atoms with Crippen molar-refractivity contribution in [2.75, 3.05) is 6.61 Å². The molecule has 0 unspecified atom stereocenters. The summed E-state index contributed by atoms with van der Waals surface area (Å²) in [5.41, 5.74) is 5.15. The van der Waals surface area contributed by atoms with Crippen LogP contribution in [0.25, 0.3) is 22.0 Å². The number of ether oxygens (including phenoxy) is 2. The van der Waals surface area contributed by atoms with Crippen molar-refractivity contribution in [2.24, 2.45) is 5.41 Å². The SMILES string of the molecule is CCOc1ccc(-c2ccc(Cn3c(CC(C)(C)C(=O)O)c(SC(C)(C)C)c4cc(O[C@H](C)c5ccccn5)ccc43)cc2)cn1. The number of hydrogen-bond donors (Lipinski definition) is 1. The molecule has 1 N–H and O–H groups in total. The van der Waals surface area contributed by atoms with Gasteiger partial charge in [-0.3, -0.25) is 9.78 Å². The highest BCUT2D eigenvalue weighted by molar-refractivity contribution is 8.00. The standard InChI is InChI=1S/C38H43N3O4S/c1-8-44-34-19-16-28(23-40-34)27-14-12-26(13-15-27)24-41-32-18-17-29(45-25(2)31-11-9-10-20-39-31)21-30(32)35(46-37(3,4)5)33(41)22-38(6,7)36(42)43/h9-21,23,25H,8,22,24H2,1-7H3,(H,42,43)/t25-/m1/s1. The van der Waals surface area contributed by atoms with Gasteiger partial charge in [-0.1, -0.05) is 51.1 Å². The third kappa shape index (κ3) is 7.73. The van der Waals surface area contributed by atoms with Gasteiger partial charge in [0.25, 0.3) is 0 Å². The number of nitrogens with zero attached hydrogens (tertiary/aromatic N) is 3. The summed E-state index contributed by atoms with van der Waals surface area (Å²) < 4.78 is 14.1. The summed E-state index contributed by atoms with van der Waals surface area (Å²) in [4.78, 5) is 22.4. The highest BCUT2D eigenvalue weighted by atomic mass is 32.2. The molecular weight excluding hydrogens is 595 g/mol. The van der Waals surface area contributed by atoms with Crippen LogP contribution in [-0.2, 0) is 17.8 Å². The van der Waals surface area contributed by atoms with E-state index in [-0.39, 0.29) is 10.9 Å². The molecule has 5 aromatic rings. The number of hydrogen-bond acceptors (Lipinski definition) is 6. The van der Waals surface area contributed by atoms with Crippen LogP contribution < -0.4 is 9.47 Å². The van der Waals surface area contributed by atoms with Gasteiger partial charge < -0.3 is 19.1 Å². The lowest BCUT2D eigenvalue weighted by atomic mass is 9.88. The van der Waals surface area contributed by atoms with E-state index in [4.69, 9.17) is 9.47 Å². The summed E-state index contributed by atoms with van der Waals surface area (Å²) in [6, 6.07) is 24.4. The molecule has 8 heteroatoms. The Hall–Kier alpha value is -4.30. The Labute approximate surface area is 276 Å². The van der Waals surface area contributed by atoms with E-state index in [1.54, 1.807) is 31.8 Å². The molecule has 0 amide bonds. The first-order chi connectivity index (χ1) is 21.8. The summed E-state index contributed by atoms with van der Waals surface area (Å²) in [6.07, 6.45) is 3.75. The lowest BCUT2D eigenvalue weighted by Gasteiger charge is -2.24. The number of aliphatic carboxylic acids is 1. The van der Waals surface area contributed by atoms with Crippen molar-refractivity contribution in [1.82, 2.24) is 14.5 Å². The summed E-state index contributed by atoms with van der Waals surface area (Å²) in [7, 11) is 0. The summed E-state index contributed by atoms with van der Waals surface area (Å²) >= 11 is 1.77. The normalized spacial score (nSPS) is 12.7. The first-order valence-electron chi connectivity index (χ1n) is 15.7. The van der Waals surface area contributed by atoms with Gasteiger partial charge in [-0.05, 0) is 75.2 Å². The van der Waals surface area contributed by atoms with E-state index in [1.807, 2.05) is 56.4 Å². The number of aromatic nitrogens is 3. The Bertz CT molecular complexity index is 1790. The Morgan fingerprint density at radius 1 is 0.957 bits per heavy atom. The fourth-order valence-corrected chi connectivity index (χ4v) is 6.54. The zero-order valence-corrected chi connectivity index (χ0v) is 28.5. The lowest BCUT2D eigenvalue weighted by molar-refractivity contribution is -0.146. The van der Waals surface area contributed by atoms with Crippen molar-refractivity contribution in [3.05, 3.63) is 102 Å². The van der Waals surface area contributed by atoms with Crippen LogP contribution >= 0.6 is 11.8 Å². The van der Waals surface area contributed by atoms with Gasteiger partial charge >= 0.3 is 5.97 Å². The molecule has 240 valence electrons. The third-order valence-electron chi connectivity index (χ3n) is 7.76. The molecule has 0 aliphatic carbocycles. The number of benzene rings is 2. The molecule has 0 saturated heterocycles. The van der Waals surface area contributed by atoms with Crippen molar-refractivity contribution in [2.45, 2.75) is 77.2 Å². The predicted octanol–water partition coefficient (Wildman–Crippen LogP) is 9.23. The van der Waals surface area contributed by atoms with Gasteiger partial charge in [0, 0.05) is 63.2 Å². The van der Waals surface area contributed by atoms with Crippen LogP contribution in [0.2, 0.25) is 0 Å². The van der Waals surface area contributed by atoms with Crippen molar-refractivity contribution in [1.29, 1.82) is 0 Å². The topological polar surface area (TPSA) is 86.5 Å². The highest BCUT2D eigenvalue weighted by Crippen LogP contribution is 2.44. The van der Waals surface area contributed by atoms with Gasteiger partial charge in [-0.15, -0.1) is 11.8 Å². The maximum atomic E-state index is 12.4. The predicted molar refractivity (Wildman–Crippen MR) is 186 cm³/mol. The molecule has 1 atom stereocenters. The number of rotatable bonds is 12. The van der Waals surface area contributed by atoms with Crippen molar-refractivity contribution in [3.8, 4) is 22.8 Å². The van der Waals surface area contributed by atoms with Crippen molar-refractivity contribution < 1.29 is 19.4 Å². The smallest absolute Gasteiger partial charge is 0.309 e. The van der Waals surface area contributed by atoms with E-state index in [2.05, 4.69) is 71.7 Å². The Morgan fingerprint density at radius 2 is 1.70 bits per heavy atom. The second-order valence-corrected chi connectivity index (χ2v) is 15.0. The van der Waals surface area contributed by atoms with Crippen LogP contribution in [0.15, 0.2) is 90.1 Å². The zero-order chi connectivity index (χ0) is 33.1. The number of thioether (sulfide) groups is 1. The van der Waals surface area contributed by atoms with Crippen LogP contribution in [0.1, 0.15) is 71.5 Å². The molecule has 0 aliphatic rings. The van der Waals surface area contributed by atoms with Gasteiger partial charge in [-0.2, -0.15) is 0 Å². The van der Waals surface area contributed by atoms with Gasteiger partial charge in [0.1, 0.15) is 11.9 Å². The molecule has 0 bridgehead atoms. The lowest BCUT2D eigenvalue weighted by Crippen LogP contribution is -2.28. The van der Waals surface area contributed by atoms with Gasteiger partial charge in [0.15, 0.2) is 0 Å². The van der Waals surface area contributed by atoms with Crippen LogP contribution in [-0.4, -0.2) is 37.0 Å². The maximum absolute atomic E-state index is 12.4. The minimum Gasteiger partial charge on any atom is -0.484 e. The average Bonchev–Trinajstić information content (AvgIpc) is 3.27. The molecule has 5 rings (SSSR count). The maximum Gasteiger partial charge on any atom is 0.309 e. The molecular formula is C38H43N3O4S.